The average Bonchev–Trinajstić information content (AvgIpc) is 2.31. The van der Waals surface area contributed by atoms with Gasteiger partial charge < -0.3 is 5.41 Å². The minimum absolute atomic E-state index is 0.698. The Hall–Kier alpha value is -1.11. The smallest absolute Gasteiger partial charge is 0.0253 e. The molecular formula is C16H25N. The fourth-order valence-electron chi connectivity index (χ4n) is 2.61. The third-order valence-electron chi connectivity index (χ3n) is 3.52. The number of rotatable bonds is 6. The van der Waals surface area contributed by atoms with Gasteiger partial charge in [-0.3, -0.25) is 0 Å². The Morgan fingerprint density at radius 2 is 1.65 bits per heavy atom. The summed E-state index contributed by atoms with van der Waals surface area (Å²) >= 11 is 0. The quantitative estimate of drug-likeness (QED) is 0.667. The van der Waals surface area contributed by atoms with Crippen molar-refractivity contribution in [3.63, 3.8) is 0 Å². The van der Waals surface area contributed by atoms with E-state index in [-0.39, 0.29) is 0 Å². The molecule has 17 heavy (non-hydrogen) atoms. The van der Waals surface area contributed by atoms with Crippen LogP contribution in [0.2, 0.25) is 0 Å². The fourth-order valence-corrected chi connectivity index (χ4v) is 2.61. The third-order valence-corrected chi connectivity index (χ3v) is 3.52. The van der Waals surface area contributed by atoms with E-state index in [1.54, 1.807) is 0 Å². The summed E-state index contributed by atoms with van der Waals surface area (Å²) in [5.74, 6) is 0.698. The number of aryl methyl sites for hydroxylation is 2. The Labute approximate surface area is 106 Å². The van der Waals surface area contributed by atoms with Gasteiger partial charge in [-0.25, -0.2) is 0 Å². The molecule has 0 aliphatic heterocycles. The largest absolute Gasteiger partial charge is 0.308 e. The van der Waals surface area contributed by atoms with E-state index in [0.29, 0.717) is 5.92 Å². The minimum Gasteiger partial charge on any atom is -0.308 e. The molecule has 1 heteroatoms. The predicted molar refractivity (Wildman–Crippen MR) is 76.4 cm³/mol. The molecule has 0 unspecified atom stereocenters. The Bertz CT molecular complexity index is 373. The van der Waals surface area contributed by atoms with E-state index in [1.807, 2.05) is 0 Å². The van der Waals surface area contributed by atoms with Crippen molar-refractivity contribution in [2.75, 3.05) is 0 Å². The maximum atomic E-state index is 7.40. The molecule has 0 saturated heterocycles. The minimum atomic E-state index is 0.698. The summed E-state index contributed by atoms with van der Waals surface area (Å²) in [6.07, 6.45) is 6.50. The second-order valence-electron chi connectivity index (χ2n) is 4.98. The van der Waals surface area contributed by atoms with Crippen LogP contribution < -0.4 is 0 Å². The normalized spacial score (nSPS) is 10.9. The molecule has 0 fully saturated rings. The third kappa shape index (κ3) is 3.42. The van der Waals surface area contributed by atoms with Gasteiger partial charge in [0.05, 0.1) is 0 Å². The van der Waals surface area contributed by atoms with Crippen LogP contribution in [0.5, 0.6) is 0 Å². The van der Waals surface area contributed by atoms with Crippen LogP contribution in [0.4, 0.5) is 0 Å². The van der Waals surface area contributed by atoms with Crippen LogP contribution in [0, 0.1) is 19.3 Å². The topological polar surface area (TPSA) is 23.9 Å². The highest BCUT2D eigenvalue weighted by atomic mass is 14.3. The first-order valence-electron chi connectivity index (χ1n) is 6.75. The second-order valence-corrected chi connectivity index (χ2v) is 4.98. The van der Waals surface area contributed by atoms with Crippen molar-refractivity contribution < 1.29 is 0 Å². The molecule has 0 spiro atoms. The maximum Gasteiger partial charge on any atom is 0.0253 e. The van der Waals surface area contributed by atoms with Gasteiger partial charge in [0.1, 0.15) is 0 Å². The van der Waals surface area contributed by atoms with Gasteiger partial charge in [0.15, 0.2) is 0 Å². The molecule has 1 N–H and O–H groups in total. The lowest BCUT2D eigenvalue weighted by molar-refractivity contribution is 0.558. The Balaban J connectivity index is 3.10. The highest BCUT2D eigenvalue weighted by Crippen LogP contribution is 2.30. The number of hydrogen-bond acceptors (Lipinski definition) is 1. The molecule has 1 aromatic rings. The molecule has 94 valence electrons. The van der Waals surface area contributed by atoms with Crippen molar-refractivity contribution >= 4 is 6.21 Å². The zero-order chi connectivity index (χ0) is 12.8. The van der Waals surface area contributed by atoms with Gasteiger partial charge in [-0.1, -0.05) is 32.8 Å². The van der Waals surface area contributed by atoms with Crippen LogP contribution in [0.25, 0.3) is 0 Å². The molecule has 0 aromatic heterocycles. The van der Waals surface area contributed by atoms with Gasteiger partial charge in [-0.05, 0) is 60.9 Å². The Morgan fingerprint density at radius 1 is 1.06 bits per heavy atom. The molecule has 0 saturated carbocycles. The molecule has 1 aromatic carbocycles. The van der Waals surface area contributed by atoms with Crippen molar-refractivity contribution in [2.24, 2.45) is 0 Å². The van der Waals surface area contributed by atoms with E-state index < -0.39 is 0 Å². The van der Waals surface area contributed by atoms with Crippen molar-refractivity contribution in [1.82, 2.24) is 0 Å². The Morgan fingerprint density at radius 3 is 2.12 bits per heavy atom. The highest BCUT2D eigenvalue weighted by Gasteiger charge is 2.13. The second kappa shape index (κ2) is 6.58. The van der Waals surface area contributed by atoms with E-state index >= 15 is 0 Å². The monoisotopic (exact) mass is 231 g/mol. The summed E-state index contributed by atoms with van der Waals surface area (Å²) in [7, 11) is 0. The van der Waals surface area contributed by atoms with Crippen molar-refractivity contribution in [3.8, 4) is 0 Å². The van der Waals surface area contributed by atoms with Crippen molar-refractivity contribution in [1.29, 1.82) is 5.41 Å². The fraction of sp³-hybridized carbons (Fsp3) is 0.562. The van der Waals surface area contributed by atoms with E-state index in [2.05, 4.69) is 39.8 Å². The number of hydrogen-bond donors (Lipinski definition) is 1. The van der Waals surface area contributed by atoms with E-state index in [0.717, 1.165) is 5.56 Å². The zero-order valence-corrected chi connectivity index (χ0v) is 11.6. The molecule has 0 aliphatic carbocycles. The average molecular weight is 231 g/mol. The summed E-state index contributed by atoms with van der Waals surface area (Å²) in [4.78, 5) is 0. The summed E-state index contributed by atoms with van der Waals surface area (Å²) < 4.78 is 0. The molecule has 1 rings (SSSR count). The van der Waals surface area contributed by atoms with Gasteiger partial charge in [0.2, 0.25) is 0 Å². The van der Waals surface area contributed by atoms with Gasteiger partial charge in [0, 0.05) is 6.21 Å². The highest BCUT2D eigenvalue weighted by molar-refractivity contribution is 5.79. The van der Waals surface area contributed by atoms with Gasteiger partial charge in [0.25, 0.3) is 0 Å². The summed E-state index contributed by atoms with van der Waals surface area (Å²) in [5, 5.41) is 7.40. The van der Waals surface area contributed by atoms with Crippen LogP contribution in [0.1, 0.15) is 67.7 Å². The first-order valence-corrected chi connectivity index (χ1v) is 6.75. The van der Waals surface area contributed by atoms with Gasteiger partial charge in [-0.15, -0.1) is 0 Å². The van der Waals surface area contributed by atoms with Crippen molar-refractivity contribution in [2.45, 2.75) is 59.3 Å². The molecule has 0 bridgehead atoms. The van der Waals surface area contributed by atoms with Crippen LogP contribution >= 0.6 is 0 Å². The SMILES string of the molecule is CCCC(CCC)c1cc(C)c(C=N)cc1C. The lowest BCUT2D eigenvalue weighted by atomic mass is 9.85. The van der Waals surface area contributed by atoms with E-state index in [1.165, 1.54) is 48.6 Å². The van der Waals surface area contributed by atoms with Crippen LogP contribution in [-0.2, 0) is 0 Å². The maximum absolute atomic E-state index is 7.40. The molecular weight excluding hydrogens is 206 g/mol. The zero-order valence-electron chi connectivity index (χ0n) is 11.6. The summed E-state index contributed by atoms with van der Waals surface area (Å²) in [6, 6.07) is 4.46. The van der Waals surface area contributed by atoms with Gasteiger partial charge >= 0.3 is 0 Å². The summed E-state index contributed by atoms with van der Waals surface area (Å²) in [5.41, 5.74) is 5.13. The van der Waals surface area contributed by atoms with Crippen LogP contribution in [0.15, 0.2) is 12.1 Å². The molecule has 0 heterocycles. The van der Waals surface area contributed by atoms with Crippen LogP contribution in [0.3, 0.4) is 0 Å². The molecule has 1 nitrogen and oxygen atoms in total. The number of nitrogens with one attached hydrogen (secondary N) is 1. The molecule has 0 amide bonds. The van der Waals surface area contributed by atoms with Crippen LogP contribution in [-0.4, -0.2) is 6.21 Å². The summed E-state index contributed by atoms with van der Waals surface area (Å²) in [6.45, 7) is 8.81. The lowest BCUT2D eigenvalue weighted by Gasteiger charge is -2.20. The standard InChI is InChI=1S/C16H25N/c1-5-7-14(8-6-2)16-10-12(3)15(11-17)9-13(16)4/h9-11,14,17H,5-8H2,1-4H3. The van der Waals surface area contributed by atoms with Gasteiger partial charge in [-0.2, -0.15) is 0 Å². The first kappa shape index (κ1) is 14.0. The first-order chi connectivity index (χ1) is 8.13. The molecule has 0 atom stereocenters. The van der Waals surface area contributed by atoms with Crippen molar-refractivity contribution in [3.05, 3.63) is 34.4 Å². The number of benzene rings is 1. The Kier molecular flexibility index (Phi) is 5.40. The van der Waals surface area contributed by atoms with E-state index in [9.17, 15) is 0 Å². The predicted octanol–water partition coefficient (Wildman–Crippen LogP) is 4.98. The lowest BCUT2D eigenvalue weighted by Crippen LogP contribution is -2.03. The molecule has 0 radical (unpaired) electrons. The van der Waals surface area contributed by atoms with E-state index in [4.69, 9.17) is 5.41 Å². The molecule has 0 aliphatic rings.